The molecule has 0 radical (unpaired) electrons. The average molecular weight is 721 g/mol. The molecule has 4 heterocycles. The number of benzene rings is 2. The van der Waals surface area contributed by atoms with Crippen LogP contribution in [0.2, 0.25) is 12.0 Å². The molecule has 2 aliphatic heterocycles. The van der Waals surface area contributed by atoms with Gasteiger partial charge in [0.1, 0.15) is 37.4 Å². The highest BCUT2D eigenvalue weighted by Gasteiger charge is 2.16. The van der Waals surface area contributed by atoms with Crippen LogP contribution < -0.4 is 45.5 Å². The first-order chi connectivity index (χ1) is 24.5. The van der Waals surface area contributed by atoms with Gasteiger partial charge in [0.25, 0.3) is 0 Å². The normalized spacial score (nSPS) is 12.5. The van der Waals surface area contributed by atoms with E-state index in [0.717, 1.165) is 0 Å². The molecule has 6 N–H and O–H groups in total. The Balaban J connectivity index is 0.000000205. The largest absolute Gasteiger partial charge is 0.486 e. The van der Waals surface area contributed by atoms with Crippen LogP contribution in [0.3, 0.4) is 0 Å². The van der Waals surface area contributed by atoms with Crippen molar-refractivity contribution in [3.05, 3.63) is 65.1 Å². The van der Waals surface area contributed by atoms with Gasteiger partial charge in [0.2, 0.25) is 11.9 Å². The number of nitrogens with one attached hydrogen (secondary N) is 5. The third-order valence-corrected chi connectivity index (χ3v) is 7.33. The van der Waals surface area contributed by atoms with Crippen molar-refractivity contribution in [2.24, 2.45) is 0 Å². The molecule has 4 aromatic rings. The molecular formula is C32H38BClN10O7. The van der Waals surface area contributed by atoms with Gasteiger partial charge in [-0.15, -0.1) is 0 Å². The maximum Gasteiger partial charge on any atom is 0.376 e. The van der Waals surface area contributed by atoms with Crippen LogP contribution in [0.15, 0.2) is 48.5 Å². The maximum atomic E-state index is 12.3. The molecule has 4 amide bonds. The Hall–Kier alpha value is -5.59. The van der Waals surface area contributed by atoms with Crippen LogP contribution in [0.25, 0.3) is 0 Å². The fourth-order valence-corrected chi connectivity index (χ4v) is 4.86. The molecule has 0 bridgehead atoms. The van der Waals surface area contributed by atoms with E-state index in [1.165, 1.54) is 0 Å². The number of amides is 4. The number of hydrogen-bond acceptors (Lipinski definition) is 13. The molecule has 6 rings (SSSR count). The number of anilines is 5. The lowest BCUT2D eigenvalue weighted by Crippen LogP contribution is -2.36. The zero-order valence-corrected chi connectivity index (χ0v) is 29.2. The zero-order valence-electron chi connectivity index (χ0n) is 28.4. The van der Waals surface area contributed by atoms with Crippen LogP contribution in [-0.2, 0) is 0 Å². The maximum absolute atomic E-state index is 12.3. The monoisotopic (exact) mass is 720 g/mol. The molecule has 0 aliphatic carbocycles. The molecule has 0 fully saturated rings. The number of likely N-dealkylation sites (N-methyl/N-ethyl adjacent to an activating group) is 1. The van der Waals surface area contributed by atoms with Crippen molar-refractivity contribution >= 4 is 59.8 Å². The number of hydrogen-bond donors (Lipinski definition) is 6. The first-order valence-corrected chi connectivity index (χ1v) is 16.3. The van der Waals surface area contributed by atoms with E-state index in [2.05, 4.69) is 46.5 Å². The molecule has 2 aromatic carbocycles. The predicted molar refractivity (Wildman–Crippen MR) is 194 cm³/mol. The summed E-state index contributed by atoms with van der Waals surface area (Å²) in [5, 5.41) is 23.5. The Morgan fingerprint density at radius 3 is 1.75 bits per heavy atom. The van der Waals surface area contributed by atoms with E-state index in [-0.39, 0.29) is 17.0 Å². The minimum atomic E-state index is -0.523. The van der Waals surface area contributed by atoms with Crippen molar-refractivity contribution in [1.29, 1.82) is 0 Å². The van der Waals surface area contributed by atoms with Gasteiger partial charge in [-0.3, -0.25) is 10.6 Å². The highest BCUT2D eigenvalue weighted by molar-refractivity contribution is 6.45. The van der Waals surface area contributed by atoms with Crippen LogP contribution >= 0.6 is 11.6 Å². The number of halogens is 1. The summed E-state index contributed by atoms with van der Waals surface area (Å²) in [6, 6.07) is 12.8. The minimum Gasteiger partial charge on any atom is -0.486 e. The molecule has 0 spiro atoms. The lowest BCUT2D eigenvalue weighted by atomic mass is 9.86. The van der Waals surface area contributed by atoms with E-state index >= 15 is 0 Å². The van der Waals surface area contributed by atoms with Gasteiger partial charge >= 0.3 is 19.1 Å². The molecule has 51 heavy (non-hydrogen) atoms. The van der Waals surface area contributed by atoms with E-state index in [1.807, 2.05) is 14.0 Å². The highest BCUT2D eigenvalue weighted by Crippen LogP contribution is 2.33. The van der Waals surface area contributed by atoms with Gasteiger partial charge in [-0.1, -0.05) is 11.6 Å². The van der Waals surface area contributed by atoms with Gasteiger partial charge < -0.3 is 44.7 Å². The Kier molecular flexibility index (Phi) is 12.5. The van der Waals surface area contributed by atoms with Crippen molar-refractivity contribution < 1.29 is 33.6 Å². The Bertz CT molecular complexity index is 1830. The number of fused-ring (bicyclic) bond motifs is 2. The van der Waals surface area contributed by atoms with E-state index < -0.39 is 19.1 Å². The van der Waals surface area contributed by atoms with E-state index in [0.29, 0.717) is 91.1 Å². The van der Waals surface area contributed by atoms with Crippen molar-refractivity contribution in [3.63, 3.8) is 0 Å². The third kappa shape index (κ3) is 11.2. The van der Waals surface area contributed by atoms with E-state index in [9.17, 15) is 14.6 Å². The summed E-state index contributed by atoms with van der Waals surface area (Å²) in [6.45, 7) is 8.49. The fraction of sp³-hybridized carbons (Fsp3) is 0.312. The van der Waals surface area contributed by atoms with Crippen LogP contribution in [0.5, 0.6) is 23.0 Å². The molecule has 19 heteroatoms. The molecule has 0 saturated heterocycles. The number of urea groups is 2. The van der Waals surface area contributed by atoms with Crippen LogP contribution in [0.4, 0.5) is 38.7 Å². The van der Waals surface area contributed by atoms with Crippen molar-refractivity contribution in [3.8, 4) is 23.0 Å². The topological polar surface area (TPSA) is 206 Å². The number of aryl methyl sites for hydroxylation is 2. The van der Waals surface area contributed by atoms with Crippen molar-refractivity contribution in [1.82, 2.24) is 24.7 Å². The molecule has 268 valence electrons. The molecule has 0 unspecified atom stereocenters. The Labute approximate surface area is 299 Å². The van der Waals surface area contributed by atoms with Gasteiger partial charge in [-0.25, -0.2) is 24.5 Å². The number of carbonyl (C=O) groups excluding carboxylic acids is 2. The first kappa shape index (κ1) is 36.7. The summed E-state index contributed by atoms with van der Waals surface area (Å²) in [7, 11) is 1.30. The lowest BCUT2D eigenvalue weighted by Gasteiger charge is -2.19. The lowest BCUT2D eigenvalue weighted by molar-refractivity contribution is 0.171. The van der Waals surface area contributed by atoms with Gasteiger partial charge in [0, 0.05) is 54.1 Å². The van der Waals surface area contributed by atoms with Gasteiger partial charge in [0.05, 0.1) is 0 Å². The predicted octanol–water partition coefficient (Wildman–Crippen LogP) is 4.51. The standard InChI is InChI=1S/C18H25BN6O4.C14H13ClN4O3/c1-12-10-16(20-6-7-25(3)19(2)27)23-17(21-12)24-18(26)22-13-4-5-14-15(11-13)29-9-8-28-14;1-8-6-12(15)18-13(16-8)19-14(20)17-9-2-3-10-11(7-9)22-5-4-21-10/h4-5,10-11,27H,6-9H2,1-3H3,(H3,20,21,22,23,24,26);2-3,6-7H,4-5H2,1H3,(H2,16,17,18,19,20). The SMILES string of the molecule is CB(O)N(C)CCNc1cc(C)nc(NC(=O)Nc2ccc3c(c2)OCCO3)n1.Cc1cc(Cl)nc(NC(=O)Nc2ccc3c(c2)OCCO3)n1. The smallest absolute Gasteiger partial charge is 0.376 e. The zero-order chi connectivity index (χ0) is 36.3. The van der Waals surface area contributed by atoms with Gasteiger partial charge in [-0.2, -0.15) is 4.98 Å². The number of nitrogens with zero attached hydrogens (tertiary/aromatic N) is 5. The Morgan fingerprint density at radius 2 is 1.24 bits per heavy atom. The van der Waals surface area contributed by atoms with E-state index in [4.69, 9.17) is 30.5 Å². The summed E-state index contributed by atoms with van der Waals surface area (Å²) >= 11 is 5.82. The summed E-state index contributed by atoms with van der Waals surface area (Å²) in [6.07, 6.45) is 0. The number of rotatable bonds is 9. The van der Waals surface area contributed by atoms with Crippen LogP contribution in [0.1, 0.15) is 11.4 Å². The second kappa shape index (κ2) is 17.4. The third-order valence-electron chi connectivity index (χ3n) is 7.14. The summed E-state index contributed by atoms with van der Waals surface area (Å²) in [5.74, 6) is 3.41. The molecule has 0 atom stereocenters. The van der Waals surface area contributed by atoms with Crippen molar-refractivity contribution in [2.75, 3.05) is 73.1 Å². The summed E-state index contributed by atoms with van der Waals surface area (Å²) < 4.78 is 21.9. The molecule has 17 nitrogen and oxygen atoms in total. The van der Waals surface area contributed by atoms with E-state index in [1.54, 1.807) is 67.1 Å². The minimum absolute atomic E-state index is 0.139. The van der Waals surface area contributed by atoms with Gasteiger partial charge in [-0.05, 0) is 58.1 Å². The first-order valence-electron chi connectivity index (χ1n) is 15.9. The Morgan fingerprint density at radius 1 is 0.745 bits per heavy atom. The van der Waals surface area contributed by atoms with Crippen LogP contribution in [-0.4, -0.2) is 95.4 Å². The number of aromatic nitrogens is 4. The van der Waals surface area contributed by atoms with Gasteiger partial charge in [0.15, 0.2) is 23.0 Å². The van der Waals surface area contributed by atoms with Crippen LogP contribution in [0, 0.1) is 13.8 Å². The fourth-order valence-electron chi connectivity index (χ4n) is 4.62. The summed E-state index contributed by atoms with van der Waals surface area (Å²) in [4.78, 5) is 42.6. The molecule has 2 aliphatic rings. The average Bonchev–Trinajstić information content (AvgIpc) is 3.07. The number of carbonyl (C=O) groups is 2. The molecular weight excluding hydrogens is 683 g/mol. The second-order valence-electron chi connectivity index (χ2n) is 11.3. The number of ether oxygens (including phenoxy) is 4. The highest BCUT2D eigenvalue weighted by atomic mass is 35.5. The van der Waals surface area contributed by atoms with Crippen molar-refractivity contribution in [2.45, 2.75) is 20.7 Å². The quantitative estimate of drug-likeness (QED) is 0.104. The molecule has 0 saturated carbocycles. The second-order valence-corrected chi connectivity index (χ2v) is 11.7. The summed E-state index contributed by atoms with van der Waals surface area (Å²) in [5.41, 5.74) is 2.51. The molecule has 2 aromatic heterocycles.